The van der Waals surface area contributed by atoms with E-state index in [9.17, 15) is 9.59 Å². The van der Waals surface area contributed by atoms with Crippen LogP contribution in [0.2, 0.25) is 0 Å². The molecule has 0 saturated heterocycles. The average Bonchev–Trinajstić information content (AvgIpc) is 2.64. The second kappa shape index (κ2) is 8.91. The highest BCUT2D eigenvalue weighted by atomic mass is 35.5. The molecule has 0 aromatic carbocycles. The maximum Gasteiger partial charge on any atom is 0.336 e. The molecule has 140 valence electrons. The number of alkyl halides is 1. The van der Waals surface area contributed by atoms with E-state index in [1.54, 1.807) is 38.4 Å². The lowest BCUT2D eigenvalue weighted by molar-refractivity contribution is -0.144. The standard InChI is InChI=1S/C18H22ClN3O4/c1-3-25-15(23)13-10-12(11-14(20)16(24)26-4-2)6-7-18(13,19)17-21-8-5-9-22-17/h5-6,8-10,14H,3-4,7,11,20H2,1-2H3. The Balaban J connectivity index is 2.31. The zero-order valence-corrected chi connectivity index (χ0v) is 15.5. The first kappa shape index (κ1) is 20.1. The van der Waals surface area contributed by atoms with Crippen molar-refractivity contribution in [2.45, 2.75) is 37.6 Å². The van der Waals surface area contributed by atoms with Gasteiger partial charge in [-0.25, -0.2) is 14.8 Å². The van der Waals surface area contributed by atoms with Crippen molar-refractivity contribution >= 4 is 23.5 Å². The van der Waals surface area contributed by atoms with Gasteiger partial charge in [-0.05, 0) is 44.4 Å². The van der Waals surface area contributed by atoms with Gasteiger partial charge in [-0.2, -0.15) is 0 Å². The molecule has 2 rings (SSSR count). The molecule has 1 aliphatic carbocycles. The van der Waals surface area contributed by atoms with E-state index in [1.807, 2.05) is 6.08 Å². The molecule has 0 amide bonds. The summed E-state index contributed by atoms with van der Waals surface area (Å²) in [5.41, 5.74) is 6.81. The van der Waals surface area contributed by atoms with E-state index in [0.717, 1.165) is 0 Å². The molecule has 2 N–H and O–H groups in total. The minimum Gasteiger partial charge on any atom is -0.465 e. The van der Waals surface area contributed by atoms with E-state index in [1.165, 1.54) is 0 Å². The van der Waals surface area contributed by atoms with Gasteiger partial charge in [-0.15, -0.1) is 11.6 Å². The molecule has 0 aliphatic heterocycles. The fourth-order valence-corrected chi connectivity index (χ4v) is 2.92. The minimum atomic E-state index is -1.23. The molecule has 1 aromatic rings. The number of nitrogens with two attached hydrogens (primary N) is 1. The third-order valence-electron chi connectivity index (χ3n) is 3.86. The number of allylic oxidation sites excluding steroid dienone is 2. The molecule has 26 heavy (non-hydrogen) atoms. The summed E-state index contributed by atoms with van der Waals surface area (Å²) in [6.07, 6.45) is 7.05. The van der Waals surface area contributed by atoms with Crippen molar-refractivity contribution in [2.24, 2.45) is 5.73 Å². The number of nitrogens with zero attached hydrogens (tertiary/aromatic N) is 2. The number of carbonyl (C=O) groups is 2. The molecule has 2 atom stereocenters. The molecule has 1 aliphatic rings. The molecule has 2 unspecified atom stereocenters. The summed E-state index contributed by atoms with van der Waals surface area (Å²) in [4.78, 5) is 31.4. The highest BCUT2D eigenvalue weighted by molar-refractivity contribution is 6.28. The van der Waals surface area contributed by atoms with Crippen molar-refractivity contribution in [2.75, 3.05) is 13.2 Å². The number of esters is 2. The fraction of sp³-hybridized carbons (Fsp3) is 0.444. The van der Waals surface area contributed by atoms with Crippen LogP contribution in [0, 0.1) is 0 Å². The molecule has 0 fully saturated rings. The highest BCUT2D eigenvalue weighted by Crippen LogP contribution is 2.43. The number of ether oxygens (including phenoxy) is 2. The Morgan fingerprint density at radius 2 is 1.92 bits per heavy atom. The van der Waals surface area contributed by atoms with Gasteiger partial charge in [0.05, 0.1) is 18.8 Å². The van der Waals surface area contributed by atoms with Gasteiger partial charge in [-0.1, -0.05) is 6.08 Å². The van der Waals surface area contributed by atoms with E-state index >= 15 is 0 Å². The molecule has 0 bridgehead atoms. The van der Waals surface area contributed by atoms with E-state index in [-0.39, 0.29) is 31.6 Å². The van der Waals surface area contributed by atoms with Gasteiger partial charge in [-0.3, -0.25) is 4.79 Å². The number of rotatable bonds is 7. The van der Waals surface area contributed by atoms with Crippen LogP contribution in [0.15, 0.2) is 41.8 Å². The molecular formula is C18H22ClN3O4. The number of halogens is 1. The SMILES string of the molecule is CCOC(=O)C1=CC(CC(N)C(=O)OCC)=CCC1(Cl)c1ncccn1. The van der Waals surface area contributed by atoms with Crippen LogP contribution in [-0.2, 0) is 23.9 Å². The first-order valence-corrected chi connectivity index (χ1v) is 8.77. The predicted molar refractivity (Wildman–Crippen MR) is 96.2 cm³/mol. The van der Waals surface area contributed by atoms with Crippen LogP contribution in [0.1, 0.15) is 32.5 Å². The predicted octanol–water partition coefficient (Wildman–Crippen LogP) is 2.01. The topological polar surface area (TPSA) is 104 Å². The Hall–Kier alpha value is -2.25. The quantitative estimate of drug-likeness (QED) is 0.570. The van der Waals surface area contributed by atoms with Gasteiger partial charge in [0.2, 0.25) is 0 Å². The van der Waals surface area contributed by atoms with Crippen molar-refractivity contribution in [3.63, 3.8) is 0 Å². The van der Waals surface area contributed by atoms with Crippen molar-refractivity contribution < 1.29 is 19.1 Å². The van der Waals surface area contributed by atoms with Crippen molar-refractivity contribution in [1.29, 1.82) is 0 Å². The maximum absolute atomic E-state index is 12.5. The third kappa shape index (κ3) is 4.47. The second-order valence-corrected chi connectivity index (χ2v) is 6.34. The average molecular weight is 380 g/mol. The van der Waals surface area contributed by atoms with Crippen LogP contribution in [0.5, 0.6) is 0 Å². The first-order chi connectivity index (χ1) is 12.4. The first-order valence-electron chi connectivity index (χ1n) is 8.39. The molecule has 8 heteroatoms. The molecule has 0 radical (unpaired) electrons. The highest BCUT2D eigenvalue weighted by Gasteiger charge is 2.42. The lowest BCUT2D eigenvalue weighted by Gasteiger charge is -2.30. The molecule has 1 aromatic heterocycles. The van der Waals surface area contributed by atoms with Crippen molar-refractivity contribution in [3.05, 3.63) is 47.6 Å². The second-order valence-electron chi connectivity index (χ2n) is 5.70. The monoisotopic (exact) mass is 379 g/mol. The summed E-state index contributed by atoms with van der Waals surface area (Å²) in [5, 5.41) is 0. The van der Waals surface area contributed by atoms with E-state index in [4.69, 9.17) is 26.8 Å². The van der Waals surface area contributed by atoms with Gasteiger partial charge >= 0.3 is 11.9 Å². The summed E-state index contributed by atoms with van der Waals surface area (Å²) in [6, 6.07) is 0.844. The molecule has 7 nitrogen and oxygen atoms in total. The normalized spacial score (nSPS) is 20.6. The number of hydrogen-bond acceptors (Lipinski definition) is 7. The third-order valence-corrected chi connectivity index (χ3v) is 4.39. The summed E-state index contributed by atoms with van der Waals surface area (Å²) in [5.74, 6) is -0.732. The molecule has 0 spiro atoms. The van der Waals surface area contributed by atoms with Gasteiger partial charge in [0.25, 0.3) is 0 Å². The van der Waals surface area contributed by atoms with Crippen molar-refractivity contribution in [3.8, 4) is 0 Å². The molecule has 1 heterocycles. The van der Waals surface area contributed by atoms with E-state index in [2.05, 4.69) is 9.97 Å². The zero-order valence-electron chi connectivity index (χ0n) is 14.8. The van der Waals surface area contributed by atoms with Crippen LogP contribution in [0.3, 0.4) is 0 Å². The summed E-state index contributed by atoms with van der Waals surface area (Å²) >= 11 is 6.75. The zero-order chi connectivity index (χ0) is 19.2. The Kier molecular flexibility index (Phi) is 6.88. The van der Waals surface area contributed by atoms with Gasteiger partial charge in [0.15, 0.2) is 5.82 Å². The lowest BCUT2D eigenvalue weighted by atomic mass is 9.85. The van der Waals surface area contributed by atoms with Crippen molar-refractivity contribution in [1.82, 2.24) is 9.97 Å². The number of aromatic nitrogens is 2. The van der Waals surface area contributed by atoms with Gasteiger partial charge in [0, 0.05) is 12.4 Å². The fourth-order valence-electron chi connectivity index (χ4n) is 2.61. The Labute approximate surface area is 157 Å². The van der Waals surface area contributed by atoms with Gasteiger partial charge < -0.3 is 15.2 Å². The summed E-state index contributed by atoms with van der Waals surface area (Å²) in [6.45, 7) is 3.89. The summed E-state index contributed by atoms with van der Waals surface area (Å²) in [7, 11) is 0. The largest absolute Gasteiger partial charge is 0.465 e. The smallest absolute Gasteiger partial charge is 0.336 e. The molecular weight excluding hydrogens is 358 g/mol. The minimum absolute atomic E-state index is 0.209. The number of hydrogen-bond donors (Lipinski definition) is 1. The molecule has 0 saturated carbocycles. The Bertz CT molecular complexity index is 720. The van der Waals surface area contributed by atoms with Gasteiger partial charge in [0.1, 0.15) is 10.9 Å². The summed E-state index contributed by atoms with van der Waals surface area (Å²) < 4.78 is 10.1. The lowest BCUT2D eigenvalue weighted by Crippen LogP contribution is -2.35. The van der Waals surface area contributed by atoms with Crippen LogP contribution in [0.4, 0.5) is 0 Å². The van der Waals surface area contributed by atoms with E-state index in [0.29, 0.717) is 11.4 Å². The van der Waals surface area contributed by atoms with Crippen LogP contribution < -0.4 is 5.73 Å². The van der Waals surface area contributed by atoms with Crippen LogP contribution in [0.25, 0.3) is 0 Å². The Morgan fingerprint density at radius 1 is 1.27 bits per heavy atom. The van der Waals surface area contributed by atoms with Crippen LogP contribution >= 0.6 is 11.6 Å². The Morgan fingerprint density at radius 3 is 2.54 bits per heavy atom. The maximum atomic E-state index is 12.5. The number of carbonyl (C=O) groups excluding carboxylic acids is 2. The van der Waals surface area contributed by atoms with E-state index < -0.39 is 22.9 Å². The van der Waals surface area contributed by atoms with Crippen LogP contribution in [-0.4, -0.2) is 41.2 Å².